The van der Waals surface area contributed by atoms with Gasteiger partial charge in [-0.05, 0) is 12.8 Å². The molecule has 1 saturated carbocycles. The second kappa shape index (κ2) is 20.3. The Balaban J connectivity index is -0.0000000437. The third-order valence-electron chi connectivity index (χ3n) is 1.87. The van der Waals surface area contributed by atoms with Crippen LogP contribution in [0.5, 0.6) is 0 Å². The van der Waals surface area contributed by atoms with E-state index >= 15 is 0 Å². The molecule has 15 heavy (non-hydrogen) atoms. The van der Waals surface area contributed by atoms with Crippen molar-refractivity contribution >= 4 is 0 Å². The molecular weight excluding hydrogens is 448 g/mol. The Kier molecular flexibility index (Phi) is 40.2. The van der Waals surface area contributed by atoms with Gasteiger partial charge in [-0.25, -0.2) is 0 Å². The molecule has 2 atom stereocenters. The van der Waals surface area contributed by atoms with Crippen molar-refractivity contribution < 1.29 is 58.3 Å². The summed E-state index contributed by atoms with van der Waals surface area (Å²) in [5.74, 6) is 0. The Morgan fingerprint density at radius 1 is 1.00 bits per heavy atom. The maximum Gasteiger partial charge on any atom is 4.00 e. The quantitative estimate of drug-likeness (QED) is 0.276. The number of hydrogen-bond donors (Lipinski definition) is 2. The van der Waals surface area contributed by atoms with Crippen molar-refractivity contribution in [1.29, 1.82) is 0 Å². The zero-order chi connectivity index (χ0) is 8.69. The second-order valence-electron chi connectivity index (χ2n) is 2.69. The van der Waals surface area contributed by atoms with Crippen molar-refractivity contribution in [2.75, 3.05) is 0 Å². The van der Waals surface area contributed by atoms with E-state index in [2.05, 4.69) is 0 Å². The van der Waals surface area contributed by atoms with E-state index in [0.717, 1.165) is 18.2 Å². The Hall–Kier alpha value is 0.878. The predicted molar refractivity (Wildman–Crippen MR) is 43.6 cm³/mol. The third-order valence-corrected chi connectivity index (χ3v) is 1.87. The van der Waals surface area contributed by atoms with Gasteiger partial charge in [0.05, 0.1) is 0 Å². The largest absolute Gasteiger partial charge is 4.00 e. The van der Waals surface area contributed by atoms with E-state index in [1.54, 1.807) is 0 Å². The first kappa shape index (κ1) is 29.7. The number of rotatable bonds is 0. The summed E-state index contributed by atoms with van der Waals surface area (Å²) in [6.45, 7) is 0. The first-order chi connectivity index (χ1) is 5.22. The van der Waals surface area contributed by atoms with Crippen LogP contribution in [0.2, 0.25) is 0 Å². The SMILES string of the molecule is NC1CCCCC1N.O=N[O-].[Cl-].[Cl-].[Cl-].[Pt+4]. The van der Waals surface area contributed by atoms with Crippen LogP contribution in [0.4, 0.5) is 0 Å². The van der Waals surface area contributed by atoms with Crippen LogP contribution in [-0.2, 0) is 21.1 Å². The van der Waals surface area contributed by atoms with Crippen molar-refractivity contribution in [3.05, 3.63) is 10.1 Å². The molecule has 4 N–H and O–H groups in total. The number of nitrogens with zero attached hydrogens (tertiary/aromatic N) is 1. The molecule has 1 aliphatic carbocycles. The minimum Gasteiger partial charge on any atom is -1.00 e. The topological polar surface area (TPSA) is 105 Å². The van der Waals surface area contributed by atoms with Crippen molar-refractivity contribution in [2.24, 2.45) is 16.8 Å². The molecule has 2 unspecified atom stereocenters. The predicted octanol–water partition coefficient (Wildman–Crippen LogP) is -8.52. The van der Waals surface area contributed by atoms with Crippen molar-refractivity contribution in [2.45, 2.75) is 37.8 Å². The monoisotopic (exact) mass is 460 g/mol. The molecule has 0 aliphatic heterocycles. The molecule has 9 heteroatoms. The van der Waals surface area contributed by atoms with E-state index in [1.807, 2.05) is 0 Å². The second-order valence-corrected chi connectivity index (χ2v) is 2.69. The van der Waals surface area contributed by atoms with Gasteiger partial charge < -0.3 is 58.8 Å². The summed E-state index contributed by atoms with van der Waals surface area (Å²) in [5, 5.41) is 9.00. The number of nitrogens with two attached hydrogens (primary N) is 2. The Bertz CT molecular complexity index is 116. The molecule has 0 aromatic carbocycles. The van der Waals surface area contributed by atoms with Gasteiger partial charge >= 0.3 is 21.1 Å². The fourth-order valence-corrected chi connectivity index (χ4v) is 1.19. The standard InChI is InChI=1S/C6H14N2.3ClH.HNO2.Pt/c7-5-3-1-2-4-6(5)8;;;;2-1-3;/h5-6H,1-4,7-8H2;3*1H;(H,2,3);/q;;;;;+4/p-4. The molecule has 0 amide bonds. The van der Waals surface area contributed by atoms with E-state index in [9.17, 15) is 0 Å². The summed E-state index contributed by atoms with van der Waals surface area (Å²) in [7, 11) is 0. The van der Waals surface area contributed by atoms with Crippen molar-refractivity contribution in [3.63, 3.8) is 0 Å². The summed E-state index contributed by atoms with van der Waals surface area (Å²) in [5.41, 5.74) is 11.3. The van der Waals surface area contributed by atoms with Crippen LogP contribution in [0.3, 0.4) is 0 Å². The Morgan fingerprint density at radius 3 is 1.33 bits per heavy atom. The third kappa shape index (κ3) is 17.5. The number of hydrogen-bond acceptors (Lipinski definition) is 5. The molecule has 96 valence electrons. The summed E-state index contributed by atoms with van der Waals surface area (Å²) in [6, 6.07) is 0.562. The van der Waals surface area contributed by atoms with Gasteiger partial charge in [0.15, 0.2) is 0 Å². The molecule has 0 saturated heterocycles. The van der Waals surface area contributed by atoms with Crippen LogP contribution in [0.15, 0.2) is 5.34 Å². The fraction of sp³-hybridized carbons (Fsp3) is 1.00. The molecule has 0 aromatic rings. The molecular formula is C6H14Cl3N3O2Pt. The van der Waals surface area contributed by atoms with Gasteiger partial charge in [0.25, 0.3) is 0 Å². The van der Waals surface area contributed by atoms with Gasteiger partial charge in [-0.2, -0.15) is 0 Å². The van der Waals surface area contributed by atoms with Crippen LogP contribution in [-0.4, -0.2) is 12.1 Å². The Morgan fingerprint density at radius 2 is 1.20 bits per heavy atom. The minimum absolute atomic E-state index is 0. The zero-order valence-electron chi connectivity index (χ0n) is 7.85. The van der Waals surface area contributed by atoms with Gasteiger partial charge in [0.1, 0.15) is 0 Å². The normalized spacial score (nSPS) is 22.0. The van der Waals surface area contributed by atoms with Gasteiger partial charge in [-0.15, -0.1) is 5.34 Å². The van der Waals surface area contributed by atoms with E-state index < -0.39 is 0 Å². The molecule has 5 nitrogen and oxygen atoms in total. The molecule has 0 heterocycles. The van der Waals surface area contributed by atoms with E-state index in [1.165, 1.54) is 12.8 Å². The number of halogens is 3. The van der Waals surface area contributed by atoms with Crippen LogP contribution >= 0.6 is 0 Å². The molecule has 1 fully saturated rings. The van der Waals surface area contributed by atoms with Gasteiger partial charge in [0.2, 0.25) is 0 Å². The van der Waals surface area contributed by atoms with Crippen LogP contribution in [0, 0.1) is 10.1 Å². The van der Waals surface area contributed by atoms with Gasteiger partial charge in [-0.1, -0.05) is 12.8 Å². The molecule has 1 aliphatic rings. The molecule has 0 radical (unpaired) electrons. The molecule has 0 spiro atoms. The molecule has 0 bridgehead atoms. The Labute approximate surface area is 123 Å². The first-order valence-corrected chi connectivity index (χ1v) is 3.68. The van der Waals surface area contributed by atoms with Crippen molar-refractivity contribution in [3.8, 4) is 0 Å². The average molecular weight is 462 g/mol. The minimum atomic E-state index is 0. The summed E-state index contributed by atoms with van der Waals surface area (Å²) >= 11 is 0. The van der Waals surface area contributed by atoms with Crippen LogP contribution < -0.4 is 48.7 Å². The summed E-state index contributed by atoms with van der Waals surface area (Å²) in [6.07, 6.45) is 4.80. The maximum atomic E-state index is 8.00. The van der Waals surface area contributed by atoms with Crippen molar-refractivity contribution in [1.82, 2.24) is 0 Å². The maximum absolute atomic E-state index is 8.00. The molecule has 1 rings (SSSR count). The average Bonchev–Trinajstić information content (AvgIpc) is 1.97. The van der Waals surface area contributed by atoms with E-state index in [0.29, 0.717) is 0 Å². The fourth-order valence-electron chi connectivity index (χ4n) is 1.19. The van der Waals surface area contributed by atoms with Crippen LogP contribution in [0.1, 0.15) is 25.7 Å². The van der Waals surface area contributed by atoms with E-state index in [4.69, 9.17) is 21.6 Å². The van der Waals surface area contributed by atoms with Gasteiger partial charge in [0, 0.05) is 12.1 Å². The summed E-state index contributed by atoms with van der Waals surface area (Å²) < 4.78 is 0. The zero-order valence-corrected chi connectivity index (χ0v) is 12.4. The molecule has 0 aromatic heterocycles. The van der Waals surface area contributed by atoms with Gasteiger partial charge in [-0.3, -0.25) is 0 Å². The summed E-state index contributed by atoms with van der Waals surface area (Å²) in [4.78, 5) is 8.00. The first-order valence-electron chi connectivity index (χ1n) is 3.68. The van der Waals surface area contributed by atoms with Crippen LogP contribution in [0.25, 0.3) is 0 Å². The smallest absolute Gasteiger partial charge is 1.00 e. The van der Waals surface area contributed by atoms with E-state index in [-0.39, 0.29) is 70.4 Å².